The molecule has 1 aliphatic carbocycles. The number of hydrogen-bond acceptors (Lipinski definition) is 5. The van der Waals surface area contributed by atoms with Crippen molar-refractivity contribution < 1.29 is 13.2 Å². The van der Waals surface area contributed by atoms with Crippen molar-refractivity contribution in [1.82, 2.24) is 15.2 Å². The fourth-order valence-electron chi connectivity index (χ4n) is 2.23. The van der Waals surface area contributed by atoms with Crippen molar-refractivity contribution >= 4 is 15.7 Å². The highest BCUT2D eigenvalue weighted by Gasteiger charge is 2.27. The minimum Gasteiger partial charge on any atom is -0.381 e. The van der Waals surface area contributed by atoms with Crippen LogP contribution in [0.1, 0.15) is 31.5 Å². The Morgan fingerprint density at radius 1 is 1.35 bits per heavy atom. The summed E-state index contributed by atoms with van der Waals surface area (Å²) in [4.78, 5) is 4.48. The number of nitrogens with zero attached hydrogens (tertiary/aromatic N) is 2. The number of rotatable bonds is 7. The fourth-order valence-corrected chi connectivity index (χ4v) is 3.56. The zero-order valence-corrected chi connectivity index (χ0v) is 13.9. The lowest BCUT2D eigenvalue weighted by Gasteiger charge is -2.12. The Morgan fingerprint density at radius 2 is 2.04 bits per heavy atom. The molecule has 1 fully saturated rings. The summed E-state index contributed by atoms with van der Waals surface area (Å²) in [6.45, 7) is 1.71. The van der Waals surface area contributed by atoms with E-state index in [0.717, 1.165) is 24.2 Å². The predicted molar refractivity (Wildman–Crippen MR) is 87.7 cm³/mol. The van der Waals surface area contributed by atoms with Crippen molar-refractivity contribution in [2.75, 3.05) is 17.6 Å². The first-order chi connectivity index (χ1) is 11.0. The van der Waals surface area contributed by atoms with E-state index in [9.17, 15) is 8.42 Å². The standard InChI is InChI=1S/C15H20N4O3S/c1-10(22-2)9-23(20,21)19-13-7-5-12(6-8-13)15-16-14(17-18-15)11-3-4-11/h5-8,10-11,19H,3-4,9H2,1-2H3,(H,16,17,18). The van der Waals surface area contributed by atoms with Crippen LogP contribution in [0.5, 0.6) is 0 Å². The second-order valence-electron chi connectivity index (χ2n) is 5.83. The van der Waals surface area contributed by atoms with Gasteiger partial charge in [-0.25, -0.2) is 13.4 Å². The number of aromatic nitrogens is 3. The van der Waals surface area contributed by atoms with E-state index in [1.165, 1.54) is 7.11 Å². The number of aromatic amines is 1. The highest BCUT2D eigenvalue weighted by Crippen LogP contribution is 2.38. The highest BCUT2D eigenvalue weighted by molar-refractivity contribution is 7.92. The zero-order valence-electron chi connectivity index (χ0n) is 13.1. The number of ether oxygens (including phenoxy) is 1. The molecule has 1 heterocycles. The maximum absolute atomic E-state index is 12.0. The maximum Gasteiger partial charge on any atom is 0.235 e. The van der Waals surface area contributed by atoms with Gasteiger partial charge in [0.1, 0.15) is 5.82 Å². The summed E-state index contributed by atoms with van der Waals surface area (Å²) in [6, 6.07) is 7.02. The lowest BCUT2D eigenvalue weighted by molar-refractivity contribution is 0.136. The second-order valence-corrected chi connectivity index (χ2v) is 7.59. The molecule has 1 aromatic carbocycles. The molecule has 1 aromatic heterocycles. The van der Waals surface area contributed by atoms with Crippen LogP contribution in [0.25, 0.3) is 11.4 Å². The summed E-state index contributed by atoms with van der Waals surface area (Å²) < 4.78 is 31.5. The van der Waals surface area contributed by atoms with Gasteiger partial charge in [-0.2, -0.15) is 5.10 Å². The van der Waals surface area contributed by atoms with E-state index in [4.69, 9.17) is 4.74 Å². The Hall–Kier alpha value is -1.93. The van der Waals surface area contributed by atoms with Crippen LogP contribution in [0.15, 0.2) is 24.3 Å². The molecule has 0 bridgehead atoms. The second kappa shape index (κ2) is 6.29. The molecule has 0 radical (unpaired) electrons. The van der Waals surface area contributed by atoms with Crippen LogP contribution in [0, 0.1) is 0 Å². The SMILES string of the molecule is COC(C)CS(=O)(=O)Nc1ccc(-c2n[nH]c(C3CC3)n2)cc1. The smallest absolute Gasteiger partial charge is 0.235 e. The molecule has 0 amide bonds. The van der Waals surface area contributed by atoms with Crippen molar-refractivity contribution in [2.24, 2.45) is 0 Å². The number of sulfonamides is 1. The quantitative estimate of drug-likeness (QED) is 0.807. The average Bonchev–Trinajstić information content (AvgIpc) is 3.25. The molecule has 0 saturated heterocycles. The Bertz CT molecular complexity index is 766. The van der Waals surface area contributed by atoms with E-state index in [-0.39, 0.29) is 11.9 Å². The molecular weight excluding hydrogens is 316 g/mol. The molecule has 0 spiro atoms. The van der Waals surface area contributed by atoms with Gasteiger partial charge in [0.2, 0.25) is 10.0 Å². The Morgan fingerprint density at radius 3 is 2.65 bits per heavy atom. The number of hydrogen-bond donors (Lipinski definition) is 2. The topological polar surface area (TPSA) is 97.0 Å². The van der Waals surface area contributed by atoms with Crippen molar-refractivity contribution in [3.8, 4) is 11.4 Å². The summed E-state index contributed by atoms with van der Waals surface area (Å²) in [6.07, 6.45) is 1.96. The Kier molecular flexibility index (Phi) is 4.36. The van der Waals surface area contributed by atoms with E-state index in [0.29, 0.717) is 17.4 Å². The molecule has 1 unspecified atom stereocenters. The lowest BCUT2D eigenvalue weighted by Crippen LogP contribution is -2.25. The molecule has 2 aromatic rings. The van der Waals surface area contributed by atoms with E-state index >= 15 is 0 Å². The van der Waals surface area contributed by atoms with Gasteiger partial charge in [0.25, 0.3) is 0 Å². The van der Waals surface area contributed by atoms with Crippen molar-refractivity contribution in [3.05, 3.63) is 30.1 Å². The normalized spacial score (nSPS) is 16.3. The number of anilines is 1. The third kappa shape index (κ3) is 4.08. The number of H-pyrrole nitrogens is 1. The largest absolute Gasteiger partial charge is 0.381 e. The van der Waals surface area contributed by atoms with Gasteiger partial charge < -0.3 is 4.74 Å². The fraction of sp³-hybridized carbons (Fsp3) is 0.467. The Balaban J connectivity index is 1.68. The highest BCUT2D eigenvalue weighted by atomic mass is 32.2. The zero-order chi connectivity index (χ0) is 16.4. The first-order valence-electron chi connectivity index (χ1n) is 7.53. The summed E-state index contributed by atoms with van der Waals surface area (Å²) in [7, 11) is -1.95. The maximum atomic E-state index is 12.0. The third-order valence-electron chi connectivity index (χ3n) is 3.74. The Labute approximate surface area is 135 Å². The van der Waals surface area contributed by atoms with Crippen LogP contribution in [-0.4, -0.2) is 42.6 Å². The van der Waals surface area contributed by atoms with Crippen LogP contribution in [0.3, 0.4) is 0 Å². The van der Waals surface area contributed by atoms with Gasteiger partial charge in [-0.15, -0.1) is 0 Å². The first-order valence-corrected chi connectivity index (χ1v) is 9.18. The summed E-state index contributed by atoms with van der Waals surface area (Å²) >= 11 is 0. The molecule has 2 N–H and O–H groups in total. The first kappa shape index (κ1) is 15.9. The molecule has 124 valence electrons. The van der Waals surface area contributed by atoms with E-state index in [1.807, 2.05) is 0 Å². The summed E-state index contributed by atoms with van der Waals surface area (Å²) in [5.41, 5.74) is 1.36. The van der Waals surface area contributed by atoms with Gasteiger partial charge in [0, 0.05) is 24.3 Å². The van der Waals surface area contributed by atoms with Crippen LogP contribution < -0.4 is 4.72 Å². The van der Waals surface area contributed by atoms with Crippen molar-refractivity contribution in [3.63, 3.8) is 0 Å². The van der Waals surface area contributed by atoms with Gasteiger partial charge >= 0.3 is 0 Å². The summed E-state index contributed by atoms with van der Waals surface area (Å²) in [5, 5.41) is 7.17. The monoisotopic (exact) mass is 336 g/mol. The number of benzene rings is 1. The molecular formula is C15H20N4O3S. The molecule has 3 rings (SSSR count). The number of methoxy groups -OCH3 is 1. The molecule has 7 nitrogen and oxygen atoms in total. The summed E-state index contributed by atoms with van der Waals surface area (Å²) in [5.74, 6) is 1.99. The number of nitrogens with one attached hydrogen (secondary N) is 2. The predicted octanol–water partition coefficient (Wildman–Crippen LogP) is 2.13. The van der Waals surface area contributed by atoms with Crippen molar-refractivity contribution in [2.45, 2.75) is 31.8 Å². The minimum absolute atomic E-state index is 0.0864. The van der Waals surface area contributed by atoms with Crippen molar-refractivity contribution in [1.29, 1.82) is 0 Å². The lowest BCUT2D eigenvalue weighted by atomic mass is 10.2. The van der Waals surface area contributed by atoms with Crippen LogP contribution in [0.2, 0.25) is 0 Å². The van der Waals surface area contributed by atoms with Crippen LogP contribution in [0.4, 0.5) is 5.69 Å². The third-order valence-corrected chi connectivity index (χ3v) is 5.19. The average molecular weight is 336 g/mol. The molecule has 1 saturated carbocycles. The van der Waals surface area contributed by atoms with Crippen LogP contribution >= 0.6 is 0 Å². The van der Waals surface area contributed by atoms with E-state index in [2.05, 4.69) is 19.9 Å². The molecule has 8 heteroatoms. The van der Waals surface area contributed by atoms with Gasteiger partial charge in [-0.3, -0.25) is 9.82 Å². The molecule has 1 aliphatic rings. The molecule has 23 heavy (non-hydrogen) atoms. The minimum atomic E-state index is -3.43. The van der Waals surface area contributed by atoms with E-state index in [1.54, 1.807) is 31.2 Å². The molecule has 0 aliphatic heterocycles. The molecule has 1 atom stereocenters. The van der Waals surface area contributed by atoms with Gasteiger partial charge in [0.15, 0.2) is 5.82 Å². The van der Waals surface area contributed by atoms with Gasteiger partial charge in [-0.1, -0.05) is 0 Å². The van der Waals surface area contributed by atoms with Gasteiger partial charge in [0.05, 0.1) is 11.9 Å². The van der Waals surface area contributed by atoms with Gasteiger partial charge in [-0.05, 0) is 44.0 Å². The van der Waals surface area contributed by atoms with E-state index < -0.39 is 10.0 Å². The van der Waals surface area contributed by atoms with Crippen LogP contribution in [-0.2, 0) is 14.8 Å².